The first-order valence-electron chi connectivity index (χ1n) is 8.12. The number of benzene rings is 1. The lowest BCUT2D eigenvalue weighted by atomic mass is 10.1. The molecule has 0 aliphatic rings. The predicted octanol–water partition coefficient (Wildman–Crippen LogP) is 3.04. The molecule has 0 radical (unpaired) electrons. The first-order valence-corrected chi connectivity index (χ1v) is 8.12. The van der Waals surface area contributed by atoms with Crippen molar-refractivity contribution in [3.63, 3.8) is 0 Å². The number of hydrogen-bond donors (Lipinski definition) is 1. The Bertz CT molecular complexity index is 1030. The third kappa shape index (κ3) is 4.02. The summed E-state index contributed by atoms with van der Waals surface area (Å²) in [6.07, 6.45) is 6.60. The number of anilines is 1. The van der Waals surface area contributed by atoms with Crippen LogP contribution in [0, 0.1) is 11.3 Å². The molecule has 0 unspecified atom stereocenters. The molecule has 7 nitrogen and oxygen atoms in total. The van der Waals surface area contributed by atoms with Crippen molar-refractivity contribution in [2.24, 2.45) is 7.05 Å². The Morgan fingerprint density at radius 3 is 2.70 bits per heavy atom. The van der Waals surface area contributed by atoms with Crippen LogP contribution in [0.5, 0.6) is 5.75 Å². The average molecular weight is 359 g/mol. The summed E-state index contributed by atoms with van der Waals surface area (Å²) in [6, 6.07) is 12.6. The summed E-state index contributed by atoms with van der Waals surface area (Å²) in [5.74, 6) is -0.00600. The van der Waals surface area contributed by atoms with Gasteiger partial charge in [0.1, 0.15) is 17.4 Å². The van der Waals surface area contributed by atoms with Crippen molar-refractivity contribution in [2.75, 3.05) is 12.4 Å². The Labute approximate surface area is 156 Å². The number of carbonyl (C=O) groups excluding carboxylic acids is 1. The van der Waals surface area contributed by atoms with Crippen LogP contribution in [0.4, 0.5) is 5.69 Å². The highest BCUT2D eigenvalue weighted by Crippen LogP contribution is 2.25. The molecule has 0 fully saturated rings. The van der Waals surface area contributed by atoms with E-state index in [2.05, 4.69) is 15.4 Å². The average Bonchev–Trinajstić information content (AvgIpc) is 3.07. The van der Waals surface area contributed by atoms with Crippen LogP contribution in [0.1, 0.15) is 5.56 Å². The lowest BCUT2D eigenvalue weighted by molar-refractivity contribution is -0.112. The van der Waals surface area contributed by atoms with Crippen molar-refractivity contribution in [1.82, 2.24) is 14.8 Å². The number of amides is 1. The van der Waals surface area contributed by atoms with Gasteiger partial charge in [-0.15, -0.1) is 0 Å². The van der Waals surface area contributed by atoms with Crippen molar-refractivity contribution in [2.45, 2.75) is 0 Å². The zero-order chi connectivity index (χ0) is 19.2. The highest BCUT2D eigenvalue weighted by Gasteiger charge is 2.15. The first kappa shape index (κ1) is 17.9. The minimum absolute atomic E-state index is 0.0378. The highest BCUT2D eigenvalue weighted by molar-refractivity contribution is 6.10. The second-order valence-electron chi connectivity index (χ2n) is 5.67. The van der Waals surface area contributed by atoms with Gasteiger partial charge >= 0.3 is 0 Å². The number of carbonyl (C=O) groups is 1. The summed E-state index contributed by atoms with van der Waals surface area (Å²) >= 11 is 0. The second-order valence-corrected chi connectivity index (χ2v) is 5.67. The molecule has 0 atom stereocenters. The Morgan fingerprint density at radius 1 is 1.26 bits per heavy atom. The molecule has 1 N–H and O–H groups in total. The van der Waals surface area contributed by atoms with Crippen LogP contribution >= 0.6 is 0 Å². The lowest BCUT2D eigenvalue weighted by Crippen LogP contribution is -2.14. The van der Waals surface area contributed by atoms with Gasteiger partial charge in [-0.25, -0.2) is 0 Å². The third-order valence-corrected chi connectivity index (χ3v) is 3.83. The smallest absolute Gasteiger partial charge is 0.266 e. The third-order valence-electron chi connectivity index (χ3n) is 3.83. The fourth-order valence-electron chi connectivity index (χ4n) is 2.59. The summed E-state index contributed by atoms with van der Waals surface area (Å²) in [4.78, 5) is 16.6. The van der Waals surface area contributed by atoms with E-state index in [-0.39, 0.29) is 5.57 Å². The molecule has 1 amide bonds. The number of para-hydroxylation sites is 2. The Hall–Kier alpha value is -3.92. The van der Waals surface area contributed by atoms with Crippen LogP contribution < -0.4 is 10.1 Å². The minimum Gasteiger partial charge on any atom is -0.495 e. The monoisotopic (exact) mass is 359 g/mol. The van der Waals surface area contributed by atoms with Gasteiger partial charge < -0.3 is 10.1 Å². The zero-order valence-electron chi connectivity index (χ0n) is 14.9. The van der Waals surface area contributed by atoms with E-state index >= 15 is 0 Å². The van der Waals surface area contributed by atoms with Crippen molar-refractivity contribution < 1.29 is 9.53 Å². The van der Waals surface area contributed by atoms with E-state index in [1.54, 1.807) is 54.6 Å². The molecule has 0 spiro atoms. The van der Waals surface area contributed by atoms with E-state index in [9.17, 15) is 10.1 Å². The van der Waals surface area contributed by atoms with Gasteiger partial charge in [0, 0.05) is 36.8 Å². The van der Waals surface area contributed by atoms with Crippen molar-refractivity contribution in [3.05, 3.63) is 66.1 Å². The molecule has 3 aromatic rings. The number of pyridine rings is 1. The number of nitrogens with one attached hydrogen (secondary N) is 1. The van der Waals surface area contributed by atoms with Gasteiger partial charge in [0.25, 0.3) is 5.91 Å². The molecule has 2 aromatic heterocycles. The second kappa shape index (κ2) is 7.97. The van der Waals surface area contributed by atoms with Gasteiger partial charge in [-0.1, -0.05) is 12.1 Å². The maximum Gasteiger partial charge on any atom is 0.266 e. The number of nitrogens with zero attached hydrogens (tertiary/aromatic N) is 4. The summed E-state index contributed by atoms with van der Waals surface area (Å²) in [6.45, 7) is 0. The van der Waals surface area contributed by atoms with Crippen LogP contribution in [-0.4, -0.2) is 27.8 Å². The molecule has 2 heterocycles. The molecule has 0 aliphatic heterocycles. The number of ether oxygens (including phenoxy) is 1. The van der Waals surface area contributed by atoms with Crippen LogP contribution in [0.2, 0.25) is 0 Å². The molecular weight excluding hydrogens is 342 g/mol. The van der Waals surface area contributed by atoms with Crippen molar-refractivity contribution in [3.8, 4) is 23.1 Å². The topological polar surface area (TPSA) is 92.8 Å². The van der Waals surface area contributed by atoms with Gasteiger partial charge in [0.2, 0.25) is 0 Å². The fraction of sp³-hybridized carbons (Fsp3) is 0.100. The number of aryl methyl sites for hydroxylation is 1. The molecule has 0 bridgehead atoms. The molecule has 0 saturated heterocycles. The van der Waals surface area contributed by atoms with Crippen LogP contribution in [0.25, 0.3) is 17.3 Å². The Kier molecular flexibility index (Phi) is 5.28. The number of hydrogen-bond acceptors (Lipinski definition) is 5. The largest absolute Gasteiger partial charge is 0.495 e. The van der Waals surface area contributed by atoms with Crippen LogP contribution in [-0.2, 0) is 11.8 Å². The van der Waals surface area contributed by atoms with Gasteiger partial charge in [0.05, 0.1) is 18.5 Å². The molecular formula is C20H17N5O2. The summed E-state index contributed by atoms with van der Waals surface area (Å²) < 4.78 is 6.86. The van der Waals surface area contributed by atoms with E-state index in [4.69, 9.17) is 4.74 Å². The van der Waals surface area contributed by atoms with E-state index in [0.717, 1.165) is 5.56 Å². The normalized spacial score (nSPS) is 10.9. The SMILES string of the molecule is COc1ccccc1NC(=O)/C(C#N)=C\c1cn(C)nc1-c1ccncc1. The number of methoxy groups -OCH3 is 1. The highest BCUT2D eigenvalue weighted by atomic mass is 16.5. The number of aromatic nitrogens is 3. The molecule has 0 aliphatic carbocycles. The minimum atomic E-state index is -0.522. The maximum atomic E-state index is 12.6. The Balaban J connectivity index is 1.93. The number of nitriles is 1. The van der Waals surface area contributed by atoms with Gasteiger partial charge in [-0.3, -0.25) is 14.5 Å². The quantitative estimate of drug-likeness (QED) is 0.558. The fourth-order valence-corrected chi connectivity index (χ4v) is 2.59. The van der Waals surface area contributed by atoms with Gasteiger partial charge in [-0.05, 0) is 30.3 Å². The Morgan fingerprint density at radius 2 is 2.00 bits per heavy atom. The molecule has 7 heteroatoms. The maximum absolute atomic E-state index is 12.6. The summed E-state index contributed by atoms with van der Waals surface area (Å²) in [5, 5.41) is 16.6. The van der Waals surface area contributed by atoms with Gasteiger partial charge in [0.15, 0.2) is 0 Å². The standard InChI is InChI=1S/C20H17N5O2/c1-25-13-16(19(24-25)14-7-9-22-10-8-14)11-15(12-21)20(26)23-17-5-3-4-6-18(17)27-2/h3-11,13H,1-2H3,(H,23,26)/b15-11-. The van der Waals surface area contributed by atoms with Gasteiger partial charge in [-0.2, -0.15) is 10.4 Å². The predicted molar refractivity (Wildman–Crippen MR) is 102 cm³/mol. The summed E-state index contributed by atoms with van der Waals surface area (Å²) in [7, 11) is 3.30. The zero-order valence-corrected chi connectivity index (χ0v) is 14.9. The van der Waals surface area contributed by atoms with Crippen LogP contribution in [0.15, 0.2) is 60.6 Å². The molecule has 0 saturated carbocycles. The van der Waals surface area contributed by atoms with Crippen LogP contribution in [0.3, 0.4) is 0 Å². The molecule has 27 heavy (non-hydrogen) atoms. The van der Waals surface area contributed by atoms with E-state index < -0.39 is 5.91 Å². The van der Waals surface area contributed by atoms with Crippen molar-refractivity contribution >= 4 is 17.7 Å². The van der Waals surface area contributed by atoms with E-state index in [0.29, 0.717) is 22.7 Å². The molecule has 134 valence electrons. The summed E-state index contributed by atoms with van der Waals surface area (Å²) in [5.41, 5.74) is 2.63. The first-order chi connectivity index (χ1) is 13.1. The molecule has 3 rings (SSSR count). The lowest BCUT2D eigenvalue weighted by Gasteiger charge is -2.09. The van der Waals surface area contributed by atoms with E-state index in [1.807, 2.05) is 18.2 Å². The number of rotatable bonds is 5. The molecule has 1 aromatic carbocycles. The van der Waals surface area contributed by atoms with E-state index in [1.165, 1.54) is 13.2 Å². The van der Waals surface area contributed by atoms with Crippen molar-refractivity contribution in [1.29, 1.82) is 5.26 Å².